The maximum atomic E-state index is 5.66. The minimum Gasteiger partial charge on any atom is -0.490 e. The molecule has 0 aliphatic carbocycles. The summed E-state index contributed by atoms with van der Waals surface area (Å²) in [5, 5.41) is 3.42. The maximum Gasteiger partial charge on any atom is 0.142 e. The number of nitrogens with one attached hydrogen (secondary N) is 1. The third-order valence-electron chi connectivity index (χ3n) is 4.56. The molecule has 1 N–H and O–H groups in total. The number of hydrogen-bond donors (Lipinski definition) is 1. The monoisotopic (exact) mass is 310 g/mol. The quantitative estimate of drug-likeness (QED) is 0.874. The second-order valence-corrected chi connectivity index (χ2v) is 6.27. The zero-order valence-electron chi connectivity index (χ0n) is 14.1. The van der Waals surface area contributed by atoms with E-state index in [1.807, 2.05) is 0 Å². The van der Waals surface area contributed by atoms with Crippen LogP contribution in [0.4, 0.5) is 5.69 Å². The van der Waals surface area contributed by atoms with Gasteiger partial charge >= 0.3 is 0 Å². The van der Waals surface area contributed by atoms with Gasteiger partial charge in [-0.25, -0.2) is 0 Å². The largest absolute Gasteiger partial charge is 0.490 e. The first kappa shape index (κ1) is 15.9. The third kappa shape index (κ3) is 4.05. The van der Waals surface area contributed by atoms with Gasteiger partial charge in [-0.2, -0.15) is 0 Å². The van der Waals surface area contributed by atoms with E-state index >= 15 is 0 Å². The van der Waals surface area contributed by atoms with Crippen LogP contribution >= 0.6 is 0 Å². The number of likely N-dealkylation sites (N-methyl/N-ethyl adjacent to an activating group) is 1. The van der Waals surface area contributed by atoms with Crippen molar-refractivity contribution < 1.29 is 4.74 Å². The fourth-order valence-corrected chi connectivity index (χ4v) is 3.20. The van der Waals surface area contributed by atoms with Crippen molar-refractivity contribution in [3.8, 4) is 5.75 Å². The van der Waals surface area contributed by atoms with E-state index in [4.69, 9.17) is 4.74 Å². The topological polar surface area (TPSA) is 24.5 Å². The van der Waals surface area contributed by atoms with Gasteiger partial charge in [-0.05, 0) is 43.1 Å². The molecule has 23 heavy (non-hydrogen) atoms. The predicted molar refractivity (Wildman–Crippen MR) is 96.1 cm³/mol. The van der Waals surface area contributed by atoms with E-state index in [1.165, 1.54) is 11.1 Å². The summed E-state index contributed by atoms with van der Waals surface area (Å²) >= 11 is 0. The molecule has 1 aliphatic rings. The first-order valence-corrected chi connectivity index (χ1v) is 8.50. The van der Waals surface area contributed by atoms with Crippen molar-refractivity contribution in [2.45, 2.75) is 32.4 Å². The van der Waals surface area contributed by atoms with Crippen LogP contribution in [-0.4, -0.2) is 31.1 Å². The number of ether oxygens (including phenoxy) is 1. The number of nitrogens with zero attached hydrogens (tertiary/aromatic N) is 1. The Labute approximate surface area is 139 Å². The number of hydrogen-bond acceptors (Lipinski definition) is 3. The van der Waals surface area contributed by atoms with Gasteiger partial charge in [-0.3, -0.25) is 4.90 Å². The highest BCUT2D eigenvalue weighted by molar-refractivity contribution is 5.59. The molecular formula is C20H26N2O. The molecule has 0 spiro atoms. The molecule has 0 radical (unpaired) electrons. The van der Waals surface area contributed by atoms with E-state index in [-0.39, 0.29) is 0 Å². The Balaban J connectivity index is 1.66. The van der Waals surface area contributed by atoms with E-state index in [9.17, 15) is 0 Å². The van der Waals surface area contributed by atoms with Crippen LogP contribution in [0.15, 0.2) is 48.5 Å². The smallest absolute Gasteiger partial charge is 0.142 e. The summed E-state index contributed by atoms with van der Waals surface area (Å²) in [7, 11) is 2.22. The molecule has 1 unspecified atom stereocenters. The fraction of sp³-hybridized carbons (Fsp3) is 0.400. The standard InChI is InChI=1S/C20H26N2O/c1-3-18(22(2)15-16-7-5-4-6-8-16)13-17-9-10-20-19(14-17)21-11-12-23-20/h4-10,14,18,21H,3,11-13,15H2,1-2H3. The molecule has 3 nitrogen and oxygen atoms in total. The van der Waals surface area contributed by atoms with Crippen molar-refractivity contribution in [2.75, 3.05) is 25.5 Å². The summed E-state index contributed by atoms with van der Waals surface area (Å²) in [4.78, 5) is 2.46. The average molecular weight is 310 g/mol. The lowest BCUT2D eigenvalue weighted by molar-refractivity contribution is 0.226. The van der Waals surface area contributed by atoms with Gasteiger partial charge in [0.15, 0.2) is 0 Å². The van der Waals surface area contributed by atoms with Crippen molar-refractivity contribution in [1.29, 1.82) is 0 Å². The highest BCUT2D eigenvalue weighted by Gasteiger charge is 2.16. The third-order valence-corrected chi connectivity index (χ3v) is 4.56. The van der Waals surface area contributed by atoms with Crippen molar-refractivity contribution in [1.82, 2.24) is 4.90 Å². The summed E-state index contributed by atoms with van der Waals surface area (Å²) in [6.45, 7) is 4.91. The first-order valence-electron chi connectivity index (χ1n) is 8.50. The van der Waals surface area contributed by atoms with Crippen molar-refractivity contribution in [3.05, 3.63) is 59.7 Å². The molecule has 3 heteroatoms. The minimum atomic E-state index is 0.540. The molecule has 1 atom stereocenters. The van der Waals surface area contributed by atoms with E-state index in [0.29, 0.717) is 6.04 Å². The molecular weight excluding hydrogens is 284 g/mol. The van der Waals surface area contributed by atoms with Crippen LogP contribution in [0.3, 0.4) is 0 Å². The molecule has 0 amide bonds. The van der Waals surface area contributed by atoms with E-state index in [0.717, 1.165) is 44.0 Å². The number of anilines is 1. The van der Waals surface area contributed by atoms with E-state index in [2.05, 4.69) is 72.7 Å². The normalized spacial score (nSPS) is 14.7. The van der Waals surface area contributed by atoms with Crippen LogP contribution in [0, 0.1) is 0 Å². The van der Waals surface area contributed by atoms with Gasteiger partial charge in [0, 0.05) is 19.1 Å². The summed E-state index contributed by atoms with van der Waals surface area (Å²) in [5.74, 6) is 0.977. The lowest BCUT2D eigenvalue weighted by atomic mass is 10.0. The molecule has 0 saturated carbocycles. The van der Waals surface area contributed by atoms with Gasteiger partial charge in [0.05, 0.1) is 5.69 Å². The average Bonchev–Trinajstić information content (AvgIpc) is 2.60. The molecule has 2 aromatic rings. The molecule has 1 heterocycles. The molecule has 0 fully saturated rings. The van der Waals surface area contributed by atoms with Crippen LogP contribution in [-0.2, 0) is 13.0 Å². The van der Waals surface area contributed by atoms with Gasteiger partial charge in [0.2, 0.25) is 0 Å². The Hall–Kier alpha value is -2.00. The van der Waals surface area contributed by atoms with Crippen LogP contribution in [0.1, 0.15) is 24.5 Å². The molecule has 122 valence electrons. The van der Waals surface area contributed by atoms with Crippen LogP contribution < -0.4 is 10.1 Å². The highest BCUT2D eigenvalue weighted by Crippen LogP contribution is 2.29. The Bertz CT molecular complexity index is 627. The van der Waals surface area contributed by atoms with Gasteiger partial charge < -0.3 is 10.1 Å². The zero-order valence-corrected chi connectivity index (χ0v) is 14.1. The van der Waals surface area contributed by atoms with Gasteiger partial charge in [-0.1, -0.05) is 43.3 Å². The Kier molecular flexibility index (Phi) is 5.19. The predicted octanol–water partition coefficient (Wildman–Crippen LogP) is 3.94. The number of rotatable bonds is 6. The zero-order chi connectivity index (χ0) is 16.1. The number of benzene rings is 2. The second kappa shape index (κ2) is 7.51. The molecule has 0 saturated heterocycles. The minimum absolute atomic E-state index is 0.540. The summed E-state index contributed by atoms with van der Waals surface area (Å²) < 4.78 is 5.66. The Morgan fingerprint density at radius 1 is 1.13 bits per heavy atom. The summed E-state index contributed by atoms with van der Waals surface area (Å²) in [6.07, 6.45) is 2.21. The van der Waals surface area contributed by atoms with Crippen LogP contribution in [0.2, 0.25) is 0 Å². The SMILES string of the molecule is CCC(Cc1ccc2c(c1)NCCO2)N(C)Cc1ccccc1. The molecule has 3 rings (SSSR count). The lowest BCUT2D eigenvalue weighted by Crippen LogP contribution is -2.32. The molecule has 0 bridgehead atoms. The van der Waals surface area contributed by atoms with Crippen molar-refractivity contribution in [2.24, 2.45) is 0 Å². The van der Waals surface area contributed by atoms with E-state index < -0.39 is 0 Å². The Morgan fingerprint density at radius 3 is 2.74 bits per heavy atom. The maximum absolute atomic E-state index is 5.66. The lowest BCUT2D eigenvalue weighted by Gasteiger charge is -2.28. The van der Waals surface area contributed by atoms with Gasteiger partial charge in [0.25, 0.3) is 0 Å². The summed E-state index contributed by atoms with van der Waals surface area (Å²) in [5.41, 5.74) is 3.87. The van der Waals surface area contributed by atoms with Crippen LogP contribution in [0.25, 0.3) is 0 Å². The van der Waals surface area contributed by atoms with Crippen molar-refractivity contribution in [3.63, 3.8) is 0 Å². The first-order chi connectivity index (χ1) is 11.3. The van der Waals surface area contributed by atoms with Gasteiger partial charge in [-0.15, -0.1) is 0 Å². The van der Waals surface area contributed by atoms with E-state index in [1.54, 1.807) is 0 Å². The molecule has 2 aromatic carbocycles. The van der Waals surface area contributed by atoms with Gasteiger partial charge in [0.1, 0.15) is 12.4 Å². The van der Waals surface area contributed by atoms with Crippen molar-refractivity contribution >= 4 is 5.69 Å². The Morgan fingerprint density at radius 2 is 1.96 bits per heavy atom. The highest BCUT2D eigenvalue weighted by atomic mass is 16.5. The fourth-order valence-electron chi connectivity index (χ4n) is 3.20. The summed E-state index contributed by atoms with van der Waals surface area (Å²) in [6, 6.07) is 17.8. The second-order valence-electron chi connectivity index (χ2n) is 6.27. The van der Waals surface area contributed by atoms with Crippen LogP contribution in [0.5, 0.6) is 5.75 Å². The molecule has 0 aromatic heterocycles. The number of fused-ring (bicyclic) bond motifs is 1. The molecule has 1 aliphatic heterocycles.